The minimum Gasteiger partial charge on any atom is -0.316 e. The van der Waals surface area contributed by atoms with Crippen molar-refractivity contribution < 1.29 is 0 Å². The third-order valence-electron chi connectivity index (χ3n) is 10.5. The van der Waals surface area contributed by atoms with Crippen molar-refractivity contribution in [3.8, 4) is 17.4 Å². The zero-order valence-electron chi connectivity index (χ0n) is 28.8. The van der Waals surface area contributed by atoms with Gasteiger partial charge in [0.05, 0.1) is 44.7 Å². The van der Waals surface area contributed by atoms with Gasteiger partial charge in [-0.1, -0.05) is 122 Å². The molecule has 0 fully saturated rings. The molecule has 0 saturated carbocycles. The Morgan fingerprint density at radius 3 is 1.79 bits per heavy atom. The summed E-state index contributed by atoms with van der Waals surface area (Å²) >= 11 is 0. The van der Waals surface area contributed by atoms with Crippen molar-refractivity contribution in [1.29, 1.82) is 5.26 Å². The maximum absolute atomic E-state index is 10.6. The number of nitrogens with zero attached hydrogens (tertiary/aromatic N) is 4. The van der Waals surface area contributed by atoms with Crippen LogP contribution >= 0.6 is 0 Å². The Labute approximate surface area is 307 Å². The molecule has 0 radical (unpaired) electrons. The number of fused-ring (bicyclic) bond motifs is 7. The molecule has 4 nitrogen and oxygen atoms in total. The Morgan fingerprint density at radius 2 is 1.08 bits per heavy atom. The number of rotatable bonds is 4. The van der Waals surface area contributed by atoms with E-state index >= 15 is 0 Å². The average molecular weight is 677 g/mol. The highest BCUT2D eigenvalue weighted by atomic mass is 15.1. The molecule has 0 unspecified atom stereocenters. The molecule has 0 N–H and O–H groups in total. The number of para-hydroxylation sites is 6. The molecule has 1 aliphatic rings. The minimum atomic E-state index is 0.614. The first-order valence-corrected chi connectivity index (χ1v) is 17.8. The van der Waals surface area contributed by atoms with Gasteiger partial charge in [-0.15, -0.1) is 0 Å². The van der Waals surface area contributed by atoms with Gasteiger partial charge in [0.25, 0.3) is 0 Å². The molecule has 0 saturated heterocycles. The summed E-state index contributed by atoms with van der Waals surface area (Å²) in [6.07, 6.45) is 6.52. The van der Waals surface area contributed by atoms with Gasteiger partial charge in [0, 0.05) is 39.0 Å². The van der Waals surface area contributed by atoms with E-state index in [1.54, 1.807) is 0 Å². The summed E-state index contributed by atoms with van der Waals surface area (Å²) in [7, 11) is 0. The lowest BCUT2D eigenvalue weighted by atomic mass is 9.97. The maximum atomic E-state index is 10.6. The molecule has 0 spiro atoms. The largest absolute Gasteiger partial charge is 0.316 e. The highest BCUT2D eigenvalue weighted by Gasteiger charge is 2.22. The topological polar surface area (TPSA) is 36.9 Å². The van der Waals surface area contributed by atoms with Gasteiger partial charge < -0.3 is 14.0 Å². The number of hydrogen-bond acceptors (Lipinski definition) is 2. The molecule has 1 aliphatic heterocycles. The summed E-state index contributed by atoms with van der Waals surface area (Å²) in [4.78, 5) is 2.26. The molecule has 0 aliphatic carbocycles. The second-order valence-corrected chi connectivity index (χ2v) is 13.4. The van der Waals surface area contributed by atoms with Crippen LogP contribution in [0.1, 0.15) is 16.7 Å². The zero-order chi connectivity index (χ0) is 35.5. The minimum absolute atomic E-state index is 0.614. The fourth-order valence-electron chi connectivity index (χ4n) is 8.07. The Kier molecular flexibility index (Phi) is 6.99. The quantitative estimate of drug-likeness (QED) is 0.186. The summed E-state index contributed by atoms with van der Waals surface area (Å²) in [5.41, 5.74) is 13.1. The SMILES string of the molecule is C=C1/C=C\C(c2ccc3c(c2)c2ccccc2n3-c2cccc(C#N)c2-n2c3ccccc3c3ccccc32)=C/N(c2ccccc2)c2ccccc21. The van der Waals surface area contributed by atoms with Crippen molar-refractivity contribution in [1.82, 2.24) is 9.13 Å². The standard InChI is InChI=1S/C49H32N4/c1-33-26-27-36(32-51(37-15-3-2-4-16-37)43-21-9-5-17-38(33)43)34-28-29-47-42(30-34)41-20-8-10-22-44(41)52(47)48-25-13-14-35(31-50)49(48)53-45-23-11-6-18-39(45)40-19-7-12-24-46(40)53/h2-30,32H,1H2/b27-26-,36-32+. The molecule has 9 aromatic rings. The number of aromatic nitrogens is 2. The van der Waals surface area contributed by atoms with E-state index in [1.165, 1.54) is 0 Å². The van der Waals surface area contributed by atoms with Gasteiger partial charge in [0.15, 0.2) is 0 Å². The molecule has 0 bridgehead atoms. The summed E-state index contributed by atoms with van der Waals surface area (Å²) in [5.74, 6) is 0. The van der Waals surface area contributed by atoms with Crippen LogP contribution < -0.4 is 4.90 Å². The summed E-state index contributed by atoms with van der Waals surface area (Å²) < 4.78 is 4.59. The van der Waals surface area contributed by atoms with Crippen LogP contribution in [0.15, 0.2) is 189 Å². The molecular formula is C49H32N4. The Balaban J connectivity index is 1.22. The number of hydrogen-bond donors (Lipinski definition) is 0. The van der Waals surface area contributed by atoms with E-state index in [0.717, 1.165) is 88.6 Å². The van der Waals surface area contributed by atoms with Gasteiger partial charge in [-0.3, -0.25) is 0 Å². The van der Waals surface area contributed by atoms with Crippen LogP contribution in [0, 0.1) is 11.3 Å². The third-order valence-corrected chi connectivity index (χ3v) is 10.5. The van der Waals surface area contributed by atoms with Crippen LogP contribution in [0.2, 0.25) is 0 Å². The van der Waals surface area contributed by atoms with Crippen LogP contribution in [-0.2, 0) is 0 Å². The van der Waals surface area contributed by atoms with Crippen molar-refractivity contribution in [2.75, 3.05) is 4.90 Å². The van der Waals surface area contributed by atoms with Crippen LogP contribution in [0.4, 0.5) is 11.4 Å². The van der Waals surface area contributed by atoms with Crippen LogP contribution in [0.25, 0.3) is 66.1 Å². The second-order valence-electron chi connectivity index (χ2n) is 13.4. The van der Waals surface area contributed by atoms with Crippen molar-refractivity contribution >= 4 is 66.1 Å². The first-order chi connectivity index (χ1) is 26.2. The van der Waals surface area contributed by atoms with Crippen molar-refractivity contribution in [3.05, 3.63) is 205 Å². The lowest BCUT2D eigenvalue weighted by Gasteiger charge is -2.26. The molecule has 248 valence electrons. The van der Waals surface area contributed by atoms with Crippen molar-refractivity contribution in [3.63, 3.8) is 0 Å². The zero-order valence-corrected chi connectivity index (χ0v) is 28.8. The van der Waals surface area contributed by atoms with Crippen LogP contribution in [0.5, 0.6) is 0 Å². The summed E-state index contributed by atoms with van der Waals surface area (Å²) in [6.45, 7) is 4.45. The molecule has 0 atom stereocenters. The molecule has 7 aromatic carbocycles. The molecule has 0 amide bonds. The fraction of sp³-hybridized carbons (Fsp3) is 0. The highest BCUT2D eigenvalue weighted by molar-refractivity contribution is 6.12. The van der Waals surface area contributed by atoms with Gasteiger partial charge in [-0.25, -0.2) is 0 Å². The molecule has 10 rings (SSSR count). The first-order valence-electron chi connectivity index (χ1n) is 17.8. The normalized spacial score (nSPS) is 14.5. The molecular weight excluding hydrogens is 645 g/mol. The lowest BCUT2D eigenvalue weighted by molar-refractivity contribution is 1.09. The lowest BCUT2D eigenvalue weighted by Crippen LogP contribution is -2.12. The first kappa shape index (κ1) is 30.5. The Bertz CT molecular complexity index is 2980. The van der Waals surface area contributed by atoms with Gasteiger partial charge in [-0.2, -0.15) is 5.26 Å². The summed E-state index contributed by atoms with van der Waals surface area (Å²) in [6, 6.07) is 59.7. The van der Waals surface area contributed by atoms with E-state index in [2.05, 4.69) is 191 Å². The fourth-order valence-corrected chi connectivity index (χ4v) is 8.07. The second kappa shape index (κ2) is 12.2. The van der Waals surface area contributed by atoms with Crippen LogP contribution in [-0.4, -0.2) is 9.13 Å². The van der Waals surface area contributed by atoms with Gasteiger partial charge in [0.1, 0.15) is 6.07 Å². The van der Waals surface area contributed by atoms with Gasteiger partial charge in [0.2, 0.25) is 0 Å². The Hall–Kier alpha value is -7.35. The number of nitriles is 1. The average Bonchev–Trinajstić information content (AvgIpc) is 3.72. The predicted octanol–water partition coefficient (Wildman–Crippen LogP) is 12.5. The van der Waals surface area contributed by atoms with Crippen LogP contribution in [0.3, 0.4) is 0 Å². The predicted molar refractivity (Wildman–Crippen MR) is 221 cm³/mol. The highest BCUT2D eigenvalue weighted by Crippen LogP contribution is 2.41. The number of benzene rings is 7. The van der Waals surface area contributed by atoms with Gasteiger partial charge in [-0.05, 0) is 77.4 Å². The van der Waals surface area contributed by atoms with E-state index in [1.807, 2.05) is 18.2 Å². The summed E-state index contributed by atoms with van der Waals surface area (Å²) in [5, 5.41) is 15.2. The van der Waals surface area contributed by atoms with Gasteiger partial charge >= 0.3 is 0 Å². The monoisotopic (exact) mass is 676 g/mol. The van der Waals surface area contributed by atoms with Crippen molar-refractivity contribution in [2.24, 2.45) is 0 Å². The van der Waals surface area contributed by atoms with E-state index in [-0.39, 0.29) is 0 Å². The van der Waals surface area contributed by atoms with Crippen molar-refractivity contribution in [2.45, 2.75) is 0 Å². The Morgan fingerprint density at radius 1 is 0.491 bits per heavy atom. The molecule has 2 aromatic heterocycles. The number of allylic oxidation sites excluding steroid dienone is 4. The maximum Gasteiger partial charge on any atom is 0.101 e. The van der Waals surface area contributed by atoms with E-state index in [4.69, 9.17) is 0 Å². The van der Waals surface area contributed by atoms with E-state index in [9.17, 15) is 5.26 Å². The number of anilines is 2. The van der Waals surface area contributed by atoms with E-state index < -0.39 is 0 Å². The molecule has 53 heavy (non-hydrogen) atoms. The van der Waals surface area contributed by atoms with E-state index in [0.29, 0.717) is 5.56 Å². The third kappa shape index (κ3) is 4.76. The molecule has 3 heterocycles. The smallest absolute Gasteiger partial charge is 0.101 e. The molecule has 4 heteroatoms.